The first-order valence-electron chi connectivity index (χ1n) is 9.34. The molecule has 0 heterocycles. The van der Waals surface area contributed by atoms with Gasteiger partial charge in [0.25, 0.3) is 0 Å². The molecule has 29 heavy (non-hydrogen) atoms. The van der Waals surface area contributed by atoms with Crippen LogP contribution in [0.5, 0.6) is 0 Å². The molecule has 0 bridgehead atoms. The van der Waals surface area contributed by atoms with Gasteiger partial charge >= 0.3 is 0 Å². The fourth-order valence-electron chi connectivity index (χ4n) is 3.29. The molecule has 7 heteroatoms. The van der Waals surface area contributed by atoms with E-state index >= 15 is 0 Å². The molecule has 0 radical (unpaired) electrons. The van der Waals surface area contributed by atoms with Crippen molar-refractivity contribution in [1.29, 1.82) is 0 Å². The minimum atomic E-state index is -1.79. The van der Waals surface area contributed by atoms with Crippen LogP contribution >= 0.6 is 11.9 Å². The van der Waals surface area contributed by atoms with Gasteiger partial charge in [0.1, 0.15) is 0 Å². The Bertz CT molecular complexity index is 906. The van der Waals surface area contributed by atoms with Gasteiger partial charge < -0.3 is 5.73 Å². The van der Waals surface area contributed by atoms with E-state index in [1.54, 1.807) is 6.08 Å². The molecule has 2 aromatic carbocycles. The highest BCUT2D eigenvalue weighted by molar-refractivity contribution is 7.97. The standard InChI is InChI=1S/C22H22F4N2S/c1-14(27)6-7-15-8-10-16(11-9-15)13-28(17-4-2-3-5-17)29-19-12-18(23)20(24)22(26)21(19)25/h6-12,17H,1-5,13,27H2/b7-6+. The molecule has 0 spiro atoms. The summed E-state index contributed by atoms with van der Waals surface area (Å²) in [7, 11) is 0. The SMILES string of the molecule is C=C(N)/C=C/c1ccc(CN(Sc2cc(F)c(F)c(F)c2F)C2CCCC2)cc1. The third-order valence-electron chi connectivity index (χ3n) is 4.82. The van der Waals surface area contributed by atoms with Crippen LogP contribution in [0.15, 0.2) is 53.6 Å². The number of benzene rings is 2. The minimum Gasteiger partial charge on any atom is -0.399 e. The van der Waals surface area contributed by atoms with Gasteiger partial charge in [0.15, 0.2) is 23.3 Å². The molecule has 1 fully saturated rings. The Morgan fingerprint density at radius 2 is 1.72 bits per heavy atom. The second kappa shape index (κ2) is 9.50. The lowest BCUT2D eigenvalue weighted by Crippen LogP contribution is -2.26. The lowest BCUT2D eigenvalue weighted by Gasteiger charge is -2.28. The number of allylic oxidation sites excluding steroid dienone is 1. The predicted molar refractivity (Wildman–Crippen MR) is 109 cm³/mol. The van der Waals surface area contributed by atoms with Crippen LogP contribution in [0.3, 0.4) is 0 Å². The van der Waals surface area contributed by atoms with Crippen LogP contribution in [0.1, 0.15) is 36.8 Å². The average Bonchev–Trinajstić information content (AvgIpc) is 3.24. The summed E-state index contributed by atoms with van der Waals surface area (Å²) in [6.45, 7) is 4.07. The van der Waals surface area contributed by atoms with E-state index in [-0.39, 0.29) is 10.9 Å². The number of hydrogen-bond acceptors (Lipinski definition) is 3. The van der Waals surface area contributed by atoms with Crippen molar-refractivity contribution in [3.8, 4) is 0 Å². The summed E-state index contributed by atoms with van der Waals surface area (Å²) in [5.41, 5.74) is 7.90. The summed E-state index contributed by atoms with van der Waals surface area (Å²) < 4.78 is 56.6. The number of nitrogens with zero attached hydrogens (tertiary/aromatic N) is 1. The van der Waals surface area contributed by atoms with Gasteiger partial charge in [0, 0.05) is 18.3 Å². The van der Waals surface area contributed by atoms with Gasteiger partial charge in [-0.15, -0.1) is 0 Å². The molecule has 0 aromatic heterocycles. The van der Waals surface area contributed by atoms with Crippen molar-refractivity contribution in [2.75, 3.05) is 0 Å². The summed E-state index contributed by atoms with van der Waals surface area (Å²) in [4.78, 5) is -0.255. The zero-order chi connectivity index (χ0) is 21.0. The van der Waals surface area contributed by atoms with Gasteiger partial charge in [0.05, 0.1) is 4.90 Å². The smallest absolute Gasteiger partial charge is 0.198 e. The van der Waals surface area contributed by atoms with Crippen molar-refractivity contribution in [3.63, 3.8) is 0 Å². The van der Waals surface area contributed by atoms with E-state index < -0.39 is 23.3 Å². The third-order valence-corrected chi connectivity index (χ3v) is 5.98. The summed E-state index contributed by atoms with van der Waals surface area (Å²) in [6.07, 6.45) is 7.47. The monoisotopic (exact) mass is 422 g/mol. The number of nitrogens with two attached hydrogens (primary N) is 1. The molecule has 0 amide bonds. The Morgan fingerprint density at radius 3 is 2.34 bits per heavy atom. The second-order valence-electron chi connectivity index (χ2n) is 7.05. The zero-order valence-corrected chi connectivity index (χ0v) is 16.6. The number of halogens is 4. The van der Waals surface area contributed by atoms with Gasteiger partial charge in [0.2, 0.25) is 0 Å². The fourth-order valence-corrected chi connectivity index (χ4v) is 4.44. The number of rotatable bonds is 7. The van der Waals surface area contributed by atoms with Crippen LogP contribution in [0.2, 0.25) is 0 Å². The quantitative estimate of drug-likeness (QED) is 0.190. The van der Waals surface area contributed by atoms with Crippen molar-refractivity contribution >= 4 is 18.0 Å². The summed E-state index contributed by atoms with van der Waals surface area (Å²) in [5, 5.41) is 0. The summed E-state index contributed by atoms with van der Waals surface area (Å²) >= 11 is 0.932. The lowest BCUT2D eigenvalue weighted by atomic mass is 10.1. The van der Waals surface area contributed by atoms with E-state index in [1.807, 2.05) is 34.6 Å². The molecule has 2 nitrogen and oxygen atoms in total. The Kier molecular flexibility index (Phi) is 7.03. The molecular formula is C22H22F4N2S. The van der Waals surface area contributed by atoms with Crippen LogP contribution in [0.25, 0.3) is 6.08 Å². The molecule has 154 valence electrons. The van der Waals surface area contributed by atoms with Gasteiger partial charge in [-0.3, -0.25) is 0 Å². The molecule has 0 aliphatic heterocycles. The molecule has 1 aliphatic rings. The average molecular weight is 422 g/mol. The predicted octanol–water partition coefficient (Wildman–Crippen LogP) is 6.18. The molecule has 2 aromatic rings. The first-order valence-corrected chi connectivity index (χ1v) is 10.1. The maximum Gasteiger partial charge on any atom is 0.198 e. The third kappa shape index (κ3) is 5.42. The number of hydrogen-bond donors (Lipinski definition) is 1. The molecule has 3 rings (SSSR count). The molecule has 1 saturated carbocycles. The van der Waals surface area contributed by atoms with E-state index in [2.05, 4.69) is 6.58 Å². The van der Waals surface area contributed by atoms with Crippen molar-refractivity contribution in [1.82, 2.24) is 4.31 Å². The normalized spacial score (nSPS) is 14.9. The first kappa shape index (κ1) is 21.5. The van der Waals surface area contributed by atoms with E-state index in [1.165, 1.54) is 0 Å². The lowest BCUT2D eigenvalue weighted by molar-refractivity contribution is 0.347. The van der Waals surface area contributed by atoms with Crippen LogP contribution < -0.4 is 5.73 Å². The van der Waals surface area contributed by atoms with E-state index in [0.717, 1.165) is 48.8 Å². The van der Waals surface area contributed by atoms with Crippen LogP contribution in [0.4, 0.5) is 17.6 Å². The zero-order valence-electron chi connectivity index (χ0n) is 15.8. The maximum atomic E-state index is 14.2. The topological polar surface area (TPSA) is 29.3 Å². The van der Waals surface area contributed by atoms with Crippen molar-refractivity contribution < 1.29 is 17.6 Å². The van der Waals surface area contributed by atoms with Crippen molar-refractivity contribution in [2.24, 2.45) is 5.73 Å². The van der Waals surface area contributed by atoms with Gasteiger partial charge in [-0.25, -0.2) is 21.9 Å². The highest BCUT2D eigenvalue weighted by Crippen LogP contribution is 2.36. The minimum absolute atomic E-state index is 0.149. The second-order valence-corrected chi connectivity index (χ2v) is 8.14. The van der Waals surface area contributed by atoms with Crippen LogP contribution in [-0.4, -0.2) is 10.3 Å². The molecule has 0 unspecified atom stereocenters. The van der Waals surface area contributed by atoms with E-state index in [4.69, 9.17) is 5.73 Å². The van der Waals surface area contributed by atoms with Crippen molar-refractivity contribution in [3.05, 3.63) is 83.1 Å². The van der Waals surface area contributed by atoms with Gasteiger partial charge in [-0.1, -0.05) is 49.8 Å². The Balaban J connectivity index is 1.81. The highest BCUT2D eigenvalue weighted by Gasteiger charge is 2.27. The Labute approximate surface area is 172 Å². The summed E-state index contributed by atoms with van der Waals surface area (Å²) in [6, 6.07) is 8.57. The largest absolute Gasteiger partial charge is 0.399 e. The summed E-state index contributed by atoms with van der Waals surface area (Å²) in [5.74, 6) is -6.32. The first-order chi connectivity index (χ1) is 13.8. The fraction of sp³-hybridized carbons (Fsp3) is 0.273. The highest BCUT2D eigenvalue weighted by atomic mass is 32.2. The Morgan fingerprint density at radius 1 is 1.07 bits per heavy atom. The van der Waals surface area contributed by atoms with Gasteiger partial charge in [-0.2, -0.15) is 0 Å². The van der Waals surface area contributed by atoms with E-state index in [9.17, 15) is 17.6 Å². The molecule has 0 atom stereocenters. The molecular weight excluding hydrogens is 400 g/mol. The van der Waals surface area contributed by atoms with Crippen LogP contribution in [-0.2, 0) is 6.54 Å². The van der Waals surface area contributed by atoms with E-state index in [0.29, 0.717) is 18.3 Å². The molecule has 0 saturated heterocycles. The van der Waals surface area contributed by atoms with Gasteiger partial charge in [-0.05, 0) is 48.1 Å². The molecule has 1 aliphatic carbocycles. The van der Waals surface area contributed by atoms with Crippen molar-refractivity contribution in [2.45, 2.75) is 43.2 Å². The Hall–Kier alpha value is -2.25. The van der Waals surface area contributed by atoms with Crippen LogP contribution in [0, 0.1) is 23.3 Å². The maximum absolute atomic E-state index is 14.2. The molecule has 2 N–H and O–H groups in total.